The molecule has 1 aliphatic rings. The van der Waals surface area contributed by atoms with E-state index in [-0.39, 0.29) is 11.9 Å². The summed E-state index contributed by atoms with van der Waals surface area (Å²) < 4.78 is 1.85. The molecule has 28 heavy (non-hydrogen) atoms. The van der Waals surface area contributed by atoms with Crippen LogP contribution in [0.25, 0.3) is 11.1 Å². The van der Waals surface area contributed by atoms with Crippen molar-refractivity contribution in [3.8, 4) is 23.0 Å². The van der Waals surface area contributed by atoms with Gasteiger partial charge in [-0.25, -0.2) is 4.98 Å². The van der Waals surface area contributed by atoms with E-state index >= 15 is 0 Å². The Labute approximate surface area is 164 Å². The van der Waals surface area contributed by atoms with Crippen LogP contribution < -0.4 is 5.32 Å². The number of β-lactam (4-membered cyclic amide) rings is 1. The van der Waals surface area contributed by atoms with Crippen molar-refractivity contribution in [2.24, 2.45) is 0 Å². The minimum atomic E-state index is -0.608. The molecule has 0 radical (unpaired) electrons. The highest BCUT2D eigenvalue weighted by atomic mass is 16.3. The SMILES string of the molecule is CC(O)c1nccn1CC#Cc1ccc(-c2ccc(C3CC(=O)N3)cc2)cc1. The van der Waals surface area contributed by atoms with Crippen molar-refractivity contribution in [1.82, 2.24) is 14.9 Å². The molecular formula is C23H21N3O2. The number of imidazole rings is 1. The summed E-state index contributed by atoms with van der Waals surface area (Å²) in [6, 6.07) is 16.6. The zero-order chi connectivity index (χ0) is 19.5. The molecule has 5 heteroatoms. The molecule has 0 bridgehead atoms. The van der Waals surface area contributed by atoms with Crippen LogP contribution in [-0.4, -0.2) is 20.6 Å². The van der Waals surface area contributed by atoms with Gasteiger partial charge in [-0.3, -0.25) is 4.79 Å². The number of carbonyl (C=O) groups excluding carboxylic acids is 1. The average Bonchev–Trinajstić information content (AvgIpc) is 3.15. The second-order valence-electron chi connectivity index (χ2n) is 6.91. The smallest absolute Gasteiger partial charge is 0.222 e. The molecule has 1 aromatic heterocycles. The molecule has 1 amide bonds. The van der Waals surface area contributed by atoms with Gasteiger partial charge in [-0.2, -0.15) is 0 Å². The number of hydrogen-bond acceptors (Lipinski definition) is 3. The van der Waals surface area contributed by atoms with Crippen molar-refractivity contribution < 1.29 is 9.90 Å². The van der Waals surface area contributed by atoms with E-state index in [9.17, 15) is 9.90 Å². The molecule has 140 valence electrons. The number of aliphatic hydroxyl groups excluding tert-OH is 1. The van der Waals surface area contributed by atoms with Crippen molar-refractivity contribution in [1.29, 1.82) is 0 Å². The molecule has 1 saturated heterocycles. The maximum atomic E-state index is 11.1. The van der Waals surface area contributed by atoms with Crippen molar-refractivity contribution in [2.75, 3.05) is 0 Å². The number of nitrogens with one attached hydrogen (secondary N) is 1. The van der Waals surface area contributed by atoms with Crippen LogP contribution in [0.4, 0.5) is 0 Å². The number of rotatable bonds is 4. The Kier molecular flexibility index (Phi) is 4.96. The quantitative estimate of drug-likeness (QED) is 0.547. The number of aliphatic hydroxyl groups is 1. The van der Waals surface area contributed by atoms with Crippen LogP contribution in [0.1, 0.15) is 42.4 Å². The monoisotopic (exact) mass is 371 g/mol. The van der Waals surface area contributed by atoms with Crippen molar-refractivity contribution >= 4 is 5.91 Å². The van der Waals surface area contributed by atoms with E-state index < -0.39 is 6.10 Å². The van der Waals surface area contributed by atoms with Crippen LogP contribution in [0.3, 0.4) is 0 Å². The fraction of sp³-hybridized carbons (Fsp3) is 0.217. The summed E-state index contributed by atoms with van der Waals surface area (Å²) in [5.74, 6) is 7.00. The van der Waals surface area contributed by atoms with E-state index in [2.05, 4.69) is 58.5 Å². The second kappa shape index (κ2) is 7.71. The van der Waals surface area contributed by atoms with Gasteiger partial charge in [-0.15, -0.1) is 0 Å². The summed E-state index contributed by atoms with van der Waals surface area (Å²) in [5.41, 5.74) is 4.34. The highest BCUT2D eigenvalue weighted by molar-refractivity contribution is 5.83. The van der Waals surface area contributed by atoms with Gasteiger partial charge in [0.05, 0.1) is 19.0 Å². The summed E-state index contributed by atoms with van der Waals surface area (Å²) in [6.45, 7) is 2.18. The first kappa shape index (κ1) is 18.0. The standard InChI is InChI=1S/C23H21N3O2/c1-16(27)23-24-12-14-26(23)13-2-3-17-4-6-18(7-5-17)19-8-10-20(11-9-19)21-15-22(28)25-21/h4-12,14,16,21,27H,13,15H2,1H3,(H,25,28). The molecule has 0 aliphatic carbocycles. The summed E-state index contributed by atoms with van der Waals surface area (Å²) in [5, 5.41) is 12.6. The first-order valence-electron chi connectivity index (χ1n) is 9.28. The first-order chi connectivity index (χ1) is 13.6. The fourth-order valence-corrected chi connectivity index (χ4v) is 3.26. The van der Waals surface area contributed by atoms with E-state index in [0.29, 0.717) is 18.8 Å². The minimum Gasteiger partial charge on any atom is -0.385 e. The van der Waals surface area contributed by atoms with Crippen LogP contribution in [0.15, 0.2) is 60.9 Å². The molecule has 1 aliphatic heterocycles. The van der Waals surface area contributed by atoms with Crippen LogP contribution in [0.5, 0.6) is 0 Å². The number of hydrogen-bond donors (Lipinski definition) is 2. The van der Waals surface area contributed by atoms with E-state index in [1.165, 1.54) is 0 Å². The Bertz CT molecular complexity index is 1030. The van der Waals surface area contributed by atoms with Gasteiger partial charge in [0.15, 0.2) is 0 Å². The molecule has 0 spiro atoms. The molecule has 2 N–H and O–H groups in total. The lowest BCUT2D eigenvalue weighted by molar-refractivity contribution is -0.128. The molecule has 2 atom stereocenters. The molecule has 1 fully saturated rings. The van der Waals surface area contributed by atoms with Crippen molar-refractivity contribution in [3.05, 3.63) is 77.9 Å². The largest absolute Gasteiger partial charge is 0.385 e. The minimum absolute atomic E-state index is 0.112. The summed E-state index contributed by atoms with van der Waals surface area (Å²) in [7, 11) is 0. The molecule has 2 unspecified atom stereocenters. The molecule has 2 heterocycles. The molecule has 2 aromatic carbocycles. The summed E-state index contributed by atoms with van der Waals surface area (Å²) in [6.07, 6.45) is 3.45. The Morgan fingerprint density at radius 3 is 2.43 bits per heavy atom. The van der Waals surface area contributed by atoms with Crippen LogP contribution >= 0.6 is 0 Å². The third-order valence-corrected chi connectivity index (χ3v) is 4.86. The highest BCUT2D eigenvalue weighted by Gasteiger charge is 2.26. The topological polar surface area (TPSA) is 67.2 Å². The number of benzene rings is 2. The van der Waals surface area contributed by atoms with Crippen molar-refractivity contribution in [2.45, 2.75) is 32.0 Å². The Morgan fingerprint density at radius 2 is 1.82 bits per heavy atom. The van der Waals surface area contributed by atoms with Crippen LogP contribution in [-0.2, 0) is 11.3 Å². The Morgan fingerprint density at radius 1 is 1.18 bits per heavy atom. The van der Waals surface area contributed by atoms with Crippen LogP contribution in [0.2, 0.25) is 0 Å². The third-order valence-electron chi connectivity index (χ3n) is 4.86. The molecule has 5 nitrogen and oxygen atoms in total. The predicted molar refractivity (Wildman–Crippen MR) is 107 cm³/mol. The average molecular weight is 371 g/mol. The first-order valence-corrected chi connectivity index (χ1v) is 9.28. The highest BCUT2D eigenvalue weighted by Crippen LogP contribution is 2.27. The van der Waals surface area contributed by atoms with Gasteiger partial charge in [-0.05, 0) is 35.7 Å². The Balaban J connectivity index is 1.41. The van der Waals surface area contributed by atoms with Gasteiger partial charge in [0.2, 0.25) is 5.91 Å². The van der Waals surface area contributed by atoms with E-state index in [0.717, 1.165) is 22.3 Å². The van der Waals surface area contributed by atoms with Crippen LogP contribution in [0, 0.1) is 11.8 Å². The lowest BCUT2D eigenvalue weighted by Gasteiger charge is -2.27. The number of nitrogens with zero attached hydrogens (tertiary/aromatic N) is 2. The lowest BCUT2D eigenvalue weighted by atomic mass is 9.95. The van der Waals surface area contributed by atoms with Gasteiger partial charge in [0.25, 0.3) is 0 Å². The van der Waals surface area contributed by atoms with E-state index in [1.54, 1.807) is 13.1 Å². The lowest BCUT2D eigenvalue weighted by Crippen LogP contribution is -2.41. The zero-order valence-electron chi connectivity index (χ0n) is 15.6. The van der Waals surface area contributed by atoms with E-state index in [4.69, 9.17) is 0 Å². The van der Waals surface area contributed by atoms with Crippen molar-refractivity contribution in [3.63, 3.8) is 0 Å². The second-order valence-corrected chi connectivity index (χ2v) is 6.91. The number of carbonyl (C=O) groups is 1. The van der Waals surface area contributed by atoms with E-state index in [1.807, 2.05) is 22.9 Å². The summed E-state index contributed by atoms with van der Waals surface area (Å²) >= 11 is 0. The maximum absolute atomic E-state index is 11.1. The zero-order valence-corrected chi connectivity index (χ0v) is 15.6. The van der Waals surface area contributed by atoms with Gasteiger partial charge < -0.3 is 15.0 Å². The number of aromatic nitrogens is 2. The fourth-order valence-electron chi connectivity index (χ4n) is 3.26. The molecular weight excluding hydrogens is 350 g/mol. The molecule has 4 rings (SSSR count). The van der Waals surface area contributed by atoms with Gasteiger partial charge in [0.1, 0.15) is 11.9 Å². The van der Waals surface area contributed by atoms with Gasteiger partial charge in [-0.1, -0.05) is 48.2 Å². The summed E-state index contributed by atoms with van der Waals surface area (Å²) in [4.78, 5) is 15.2. The molecule has 3 aromatic rings. The maximum Gasteiger partial charge on any atom is 0.222 e. The van der Waals surface area contributed by atoms with Gasteiger partial charge in [0, 0.05) is 18.0 Å². The molecule has 0 saturated carbocycles. The number of amides is 1. The Hall–Kier alpha value is -3.36. The normalized spacial score (nSPS) is 16.5. The predicted octanol–water partition coefficient (Wildman–Crippen LogP) is 3.22. The van der Waals surface area contributed by atoms with Gasteiger partial charge >= 0.3 is 0 Å². The third kappa shape index (κ3) is 3.83.